The van der Waals surface area contributed by atoms with Crippen molar-refractivity contribution in [2.45, 2.75) is 180 Å². The van der Waals surface area contributed by atoms with Crippen molar-refractivity contribution >= 4 is 40.7 Å². The van der Waals surface area contributed by atoms with Gasteiger partial charge in [-0.3, -0.25) is 14.6 Å². The van der Waals surface area contributed by atoms with E-state index in [1.165, 1.54) is 7.11 Å². The number of cyclic esters (lactones) is 1. The number of carbonyl (C=O) groups is 4. The smallest absolute Gasteiger partial charge is 0.338 e. The lowest BCUT2D eigenvalue weighted by Gasteiger charge is -2.50. The standard InChI is InChI=1S/C64H86N2O14/c1-15-51-64(11,71)43(7)40(4)53(67)38(2)35-63(10,73-32-24-25-45-34-48-30-22-23-31-49(48)65-37-45)56(80-61-55(50(66(12)13)33-39(3)74-61)78-59(69)46-26-18-16-19-27-46)41(5)54(42(6)58(68)76-51)77-52-36-62(9,72-14)57(44(8)75-52)79-60(70)47-28-20-17-21-29-47/h16-31,34,37-44,50-52,54-57,61,71H,15,32-33,35-36H2,1-14H3/b25-24+/t38-,39-,40-,41+,42-,43-,44+,50+,51-,52?,54+,55-,56-,57+,61+,62-,63+,64+/m1/s1. The fourth-order valence-electron chi connectivity index (χ4n) is 12.2. The van der Waals surface area contributed by atoms with E-state index in [1.807, 2.05) is 122 Å². The van der Waals surface area contributed by atoms with Gasteiger partial charge >= 0.3 is 17.9 Å². The zero-order valence-electron chi connectivity index (χ0n) is 49.2. The molecule has 80 heavy (non-hydrogen) atoms. The molecule has 0 aliphatic carbocycles. The Balaban J connectivity index is 1.36. The molecule has 3 aromatic carbocycles. The first-order valence-corrected chi connectivity index (χ1v) is 28.4. The number of hydrogen-bond acceptors (Lipinski definition) is 16. The van der Waals surface area contributed by atoms with E-state index < -0.39 is 114 Å². The van der Waals surface area contributed by atoms with Crippen molar-refractivity contribution in [2.24, 2.45) is 29.6 Å². The molecule has 3 aliphatic heterocycles. The molecule has 1 aromatic heterocycles. The fourth-order valence-corrected chi connectivity index (χ4v) is 12.2. The second kappa shape index (κ2) is 26.7. The van der Waals surface area contributed by atoms with Crippen molar-refractivity contribution in [3.05, 3.63) is 120 Å². The maximum Gasteiger partial charge on any atom is 0.338 e. The van der Waals surface area contributed by atoms with E-state index in [2.05, 4.69) is 4.98 Å². The third-order valence-electron chi connectivity index (χ3n) is 17.3. The summed E-state index contributed by atoms with van der Waals surface area (Å²) in [5.74, 6) is -5.89. The summed E-state index contributed by atoms with van der Waals surface area (Å²) in [7, 11) is 5.36. The predicted molar refractivity (Wildman–Crippen MR) is 303 cm³/mol. The van der Waals surface area contributed by atoms with Crippen molar-refractivity contribution < 1.29 is 66.9 Å². The summed E-state index contributed by atoms with van der Waals surface area (Å²) in [6, 6.07) is 26.9. The Hall–Kier alpha value is -5.43. The number of aliphatic hydroxyl groups is 1. The molecule has 3 fully saturated rings. The van der Waals surface area contributed by atoms with Gasteiger partial charge in [0, 0.05) is 42.9 Å². The van der Waals surface area contributed by atoms with Gasteiger partial charge < -0.3 is 52.6 Å². The molecule has 16 nitrogen and oxygen atoms in total. The van der Waals surface area contributed by atoms with Crippen LogP contribution in [0.4, 0.5) is 0 Å². The van der Waals surface area contributed by atoms with Gasteiger partial charge in [0.25, 0.3) is 0 Å². The number of pyridine rings is 1. The van der Waals surface area contributed by atoms with Crippen LogP contribution in [-0.2, 0) is 52.2 Å². The lowest BCUT2D eigenvalue weighted by atomic mass is 9.71. The van der Waals surface area contributed by atoms with Crippen LogP contribution in [0.15, 0.2) is 103 Å². The molecule has 0 saturated carbocycles. The molecule has 16 heteroatoms. The largest absolute Gasteiger partial charge is 0.459 e. The van der Waals surface area contributed by atoms with Gasteiger partial charge in [-0.15, -0.1) is 0 Å². The minimum atomic E-state index is -1.63. The van der Waals surface area contributed by atoms with Crippen molar-refractivity contribution in [1.82, 2.24) is 9.88 Å². The molecular weight excluding hydrogens is 1020 g/mol. The van der Waals surface area contributed by atoms with Gasteiger partial charge in [0.15, 0.2) is 24.8 Å². The normalized spacial score (nSPS) is 35.8. The molecule has 1 unspecified atom stereocenters. The number of carbonyl (C=O) groups excluding carboxylic acids is 4. The molecule has 0 amide bonds. The highest BCUT2D eigenvalue weighted by molar-refractivity contribution is 5.90. The maximum atomic E-state index is 15.1. The molecule has 4 aromatic rings. The third kappa shape index (κ3) is 14.2. The highest BCUT2D eigenvalue weighted by Gasteiger charge is 2.55. The van der Waals surface area contributed by atoms with E-state index in [0.29, 0.717) is 17.5 Å². The molecule has 0 radical (unpaired) electrons. The summed E-state index contributed by atoms with van der Waals surface area (Å²) in [6.45, 7) is 20.0. The number of nitrogens with zero attached hydrogens (tertiary/aromatic N) is 2. The number of Topliss-reactive ketones (excluding diaryl/α,β-unsaturated/α-hetero) is 1. The summed E-state index contributed by atoms with van der Waals surface area (Å²) >= 11 is 0. The van der Waals surface area contributed by atoms with Crippen LogP contribution in [0.1, 0.15) is 128 Å². The number of fused-ring (bicyclic) bond motifs is 1. The van der Waals surface area contributed by atoms with Crippen LogP contribution in [0, 0.1) is 29.6 Å². The number of aromatic nitrogens is 1. The highest BCUT2D eigenvalue weighted by atomic mass is 16.7. The van der Waals surface area contributed by atoms with E-state index in [4.69, 9.17) is 42.6 Å². The average molecular weight is 1110 g/mol. The number of para-hydroxylation sites is 1. The molecular formula is C64H86N2O14. The average Bonchev–Trinajstić information content (AvgIpc) is 3.44. The van der Waals surface area contributed by atoms with Gasteiger partial charge in [0.05, 0.1) is 65.2 Å². The predicted octanol–water partition coefficient (Wildman–Crippen LogP) is 10.1. The Morgan fingerprint density at radius 1 is 0.775 bits per heavy atom. The Kier molecular flexibility index (Phi) is 20.7. The van der Waals surface area contributed by atoms with Crippen LogP contribution >= 0.6 is 0 Å². The summed E-state index contributed by atoms with van der Waals surface area (Å²) in [5, 5.41) is 13.3. The minimum Gasteiger partial charge on any atom is -0.459 e. The van der Waals surface area contributed by atoms with Crippen molar-refractivity contribution in [3.63, 3.8) is 0 Å². The SMILES string of the molecule is CC[C@H]1OC(=O)[C@H](C)[C@@H](OC2C[C@@](C)(OC)[C@@H](OC(=O)c3ccccc3)[C@H](C)O2)[C@H](C)[C@@H](O[C@@H]2O[C@H](C)C[C@H](N(C)C)[C@H]2OC(=O)c2ccccc2)[C@@](C)(OC/C=C/c2cnc3ccccc3c2)C[C@@H](C)C(=O)[C@H](C)[C@@H](C)[C@]1(C)O. The van der Waals surface area contributed by atoms with Gasteiger partial charge in [-0.1, -0.05) is 101 Å². The Bertz CT molecular complexity index is 2740. The highest BCUT2D eigenvalue weighted by Crippen LogP contribution is 2.44. The van der Waals surface area contributed by atoms with E-state index >= 15 is 4.79 Å². The summed E-state index contributed by atoms with van der Waals surface area (Å²) in [6.07, 6.45) is -2.07. The summed E-state index contributed by atoms with van der Waals surface area (Å²) in [5.41, 5.74) is -1.78. The summed E-state index contributed by atoms with van der Waals surface area (Å²) in [4.78, 5) is 64.4. The van der Waals surface area contributed by atoms with Crippen molar-refractivity contribution in [2.75, 3.05) is 27.8 Å². The third-order valence-corrected chi connectivity index (χ3v) is 17.3. The molecule has 3 saturated heterocycles. The van der Waals surface area contributed by atoms with Crippen LogP contribution in [0.2, 0.25) is 0 Å². The zero-order valence-corrected chi connectivity index (χ0v) is 49.2. The number of methoxy groups -OCH3 is 1. The van der Waals surface area contributed by atoms with E-state index in [0.717, 1.165) is 16.5 Å². The van der Waals surface area contributed by atoms with Gasteiger partial charge in [0.1, 0.15) is 23.1 Å². The van der Waals surface area contributed by atoms with Crippen LogP contribution in [0.25, 0.3) is 17.0 Å². The van der Waals surface area contributed by atoms with Crippen LogP contribution < -0.4 is 0 Å². The Morgan fingerprint density at radius 3 is 2.02 bits per heavy atom. The van der Waals surface area contributed by atoms with Gasteiger partial charge in [0.2, 0.25) is 0 Å². The lowest BCUT2D eigenvalue weighted by molar-refractivity contribution is -0.319. The van der Waals surface area contributed by atoms with Crippen LogP contribution in [-0.4, -0.2) is 145 Å². The number of ketones is 1. The van der Waals surface area contributed by atoms with Gasteiger partial charge in [-0.2, -0.15) is 0 Å². The number of benzene rings is 3. The first kappa shape index (κ1) is 62.2. The Morgan fingerprint density at radius 2 is 1.40 bits per heavy atom. The fraction of sp³-hybridized carbons (Fsp3) is 0.578. The van der Waals surface area contributed by atoms with E-state index in [1.54, 1.807) is 82.4 Å². The van der Waals surface area contributed by atoms with Crippen LogP contribution in [0.5, 0.6) is 0 Å². The molecule has 436 valence electrons. The minimum absolute atomic E-state index is 0.0337. The second-order valence-electron chi connectivity index (χ2n) is 23.4. The number of ether oxygens (including phenoxy) is 9. The van der Waals surface area contributed by atoms with Crippen LogP contribution in [0.3, 0.4) is 0 Å². The molecule has 18 atom stereocenters. The molecule has 1 N–H and O–H groups in total. The first-order valence-electron chi connectivity index (χ1n) is 28.4. The molecule has 4 heterocycles. The molecule has 7 rings (SSSR count). The quantitative estimate of drug-likeness (QED) is 0.0874. The molecule has 0 bridgehead atoms. The number of likely N-dealkylation sites (N-methyl/N-ethyl adjacent to an activating group) is 1. The monoisotopic (exact) mass is 1110 g/mol. The maximum absolute atomic E-state index is 15.1. The first-order chi connectivity index (χ1) is 37.9. The number of rotatable bonds is 15. The zero-order chi connectivity index (χ0) is 58.3. The Labute approximate surface area is 473 Å². The number of hydrogen-bond donors (Lipinski definition) is 1. The lowest BCUT2D eigenvalue weighted by Crippen LogP contribution is -2.62. The topological polar surface area (TPSA) is 188 Å². The molecule has 0 spiro atoms. The second-order valence-corrected chi connectivity index (χ2v) is 23.4. The van der Waals surface area contributed by atoms with E-state index in [9.17, 15) is 19.5 Å². The summed E-state index contributed by atoms with van der Waals surface area (Å²) < 4.78 is 60.5. The van der Waals surface area contributed by atoms with Crippen molar-refractivity contribution in [1.29, 1.82) is 0 Å². The van der Waals surface area contributed by atoms with E-state index in [-0.39, 0.29) is 43.8 Å². The van der Waals surface area contributed by atoms with Crippen molar-refractivity contribution in [3.8, 4) is 0 Å². The molecule has 3 aliphatic rings. The van der Waals surface area contributed by atoms with Gasteiger partial charge in [-0.05, 0) is 123 Å². The van der Waals surface area contributed by atoms with Gasteiger partial charge in [-0.25, -0.2) is 9.59 Å². The number of esters is 3.